The van der Waals surface area contributed by atoms with E-state index in [1.807, 2.05) is 19.9 Å². The van der Waals surface area contributed by atoms with E-state index in [1.165, 1.54) is 0 Å². The zero-order valence-corrected chi connectivity index (χ0v) is 24.9. The number of rotatable bonds is 0. The Balaban J connectivity index is 2.07. The molecule has 0 amide bonds. The molecule has 0 bridgehead atoms. The lowest BCUT2D eigenvalue weighted by Gasteiger charge is -2.25. The Bertz CT molecular complexity index is 891. The Morgan fingerprint density at radius 3 is 2.31 bits per heavy atom. The van der Waals surface area contributed by atoms with Crippen LogP contribution in [-0.2, 0) is 19.1 Å². The van der Waals surface area contributed by atoms with Gasteiger partial charge in [-0.15, -0.1) is 0 Å². The lowest BCUT2D eigenvalue weighted by Crippen LogP contribution is -2.39. The first-order valence-electron chi connectivity index (χ1n) is 14.8. The van der Waals surface area contributed by atoms with Crippen LogP contribution in [0.25, 0.3) is 0 Å². The third kappa shape index (κ3) is 11.7. The normalized spacial score (nSPS) is 37.8. The van der Waals surface area contributed by atoms with Crippen LogP contribution in [0.15, 0.2) is 35.5 Å². The molecular weight excluding hydrogens is 496 g/mol. The fourth-order valence-electron chi connectivity index (χ4n) is 5.50. The van der Waals surface area contributed by atoms with Crippen molar-refractivity contribution in [2.45, 2.75) is 136 Å². The van der Waals surface area contributed by atoms with Crippen molar-refractivity contribution >= 4 is 11.8 Å². The molecule has 0 spiro atoms. The summed E-state index contributed by atoms with van der Waals surface area (Å²) in [7, 11) is 0. The molecule has 7 heteroatoms. The van der Waals surface area contributed by atoms with Gasteiger partial charge in [-0.1, -0.05) is 57.1 Å². The summed E-state index contributed by atoms with van der Waals surface area (Å²) < 4.78 is 11.4. The van der Waals surface area contributed by atoms with E-state index >= 15 is 0 Å². The number of hydrogen-bond donors (Lipinski definition) is 3. The van der Waals surface area contributed by atoms with Gasteiger partial charge in [-0.2, -0.15) is 0 Å². The molecule has 222 valence electrons. The standard InChI is InChI=1S/C32H52O7/c1-19-13-20(2)15-29-28(39-29)12-10-8-9-11-21(3)32(37)38-25(7)16-24(6)30(35)31(36)27(34)18-26(33)17-23(5)22(4)14-19/h11,14,20,23-30,33-35H,1,8-10,12-13,15-18H2,2-7H3. The summed E-state index contributed by atoms with van der Waals surface area (Å²) in [5, 5.41) is 31.5. The van der Waals surface area contributed by atoms with Crippen LogP contribution in [0.1, 0.15) is 99.3 Å². The maximum atomic E-state index is 12.7. The second-order valence-electron chi connectivity index (χ2n) is 12.3. The molecule has 1 saturated heterocycles. The van der Waals surface area contributed by atoms with Crippen LogP contribution in [0.2, 0.25) is 0 Å². The summed E-state index contributed by atoms with van der Waals surface area (Å²) in [6.07, 6.45) is 6.57. The Morgan fingerprint density at radius 1 is 0.923 bits per heavy atom. The highest BCUT2D eigenvalue weighted by molar-refractivity contribution is 5.88. The number of Topliss-reactive ketones (excluding diaryl/α,β-unsaturated/α-hetero) is 1. The molecule has 0 aromatic rings. The molecule has 0 aliphatic carbocycles. The maximum Gasteiger partial charge on any atom is 0.333 e. The van der Waals surface area contributed by atoms with Gasteiger partial charge < -0.3 is 24.8 Å². The number of aliphatic hydroxyl groups is 3. The second kappa shape index (κ2) is 15.8. The first-order valence-corrected chi connectivity index (χ1v) is 14.8. The summed E-state index contributed by atoms with van der Waals surface area (Å²) in [6, 6.07) is 0. The van der Waals surface area contributed by atoms with E-state index in [9.17, 15) is 24.9 Å². The van der Waals surface area contributed by atoms with Crippen molar-refractivity contribution < 1.29 is 34.4 Å². The minimum atomic E-state index is -1.47. The highest BCUT2D eigenvalue weighted by Crippen LogP contribution is 2.34. The highest BCUT2D eigenvalue weighted by atomic mass is 16.6. The van der Waals surface area contributed by atoms with Crippen molar-refractivity contribution in [1.29, 1.82) is 0 Å². The lowest BCUT2D eigenvalue weighted by atomic mass is 9.88. The summed E-state index contributed by atoms with van der Waals surface area (Å²) in [5.74, 6) is -1.16. The molecule has 9 atom stereocenters. The first kappa shape index (κ1) is 33.4. The van der Waals surface area contributed by atoms with Gasteiger partial charge in [-0.3, -0.25) is 4.79 Å². The number of epoxide rings is 1. The molecule has 2 rings (SSSR count). The minimum Gasteiger partial charge on any atom is -0.459 e. The number of hydrogen-bond acceptors (Lipinski definition) is 7. The van der Waals surface area contributed by atoms with Crippen molar-refractivity contribution in [3.63, 3.8) is 0 Å². The van der Waals surface area contributed by atoms with Crippen LogP contribution in [0, 0.1) is 17.8 Å². The number of ether oxygens (including phenoxy) is 2. The third-order valence-electron chi connectivity index (χ3n) is 8.15. The van der Waals surface area contributed by atoms with Gasteiger partial charge in [-0.25, -0.2) is 4.79 Å². The topological polar surface area (TPSA) is 117 Å². The average Bonchev–Trinajstić information content (AvgIpc) is 3.58. The van der Waals surface area contributed by atoms with Crippen molar-refractivity contribution in [3.8, 4) is 0 Å². The van der Waals surface area contributed by atoms with Crippen LogP contribution in [0.4, 0.5) is 0 Å². The average molecular weight is 549 g/mol. The van der Waals surface area contributed by atoms with E-state index in [0.717, 1.165) is 49.7 Å². The summed E-state index contributed by atoms with van der Waals surface area (Å²) >= 11 is 0. The van der Waals surface area contributed by atoms with E-state index in [1.54, 1.807) is 20.8 Å². The van der Waals surface area contributed by atoms with Crippen LogP contribution >= 0.6 is 0 Å². The van der Waals surface area contributed by atoms with E-state index in [2.05, 4.69) is 19.6 Å². The van der Waals surface area contributed by atoms with Gasteiger partial charge in [-0.05, 0) is 83.5 Å². The Hall–Kier alpha value is -1.80. The zero-order valence-electron chi connectivity index (χ0n) is 24.9. The number of cyclic esters (lactones) is 1. The van der Waals surface area contributed by atoms with Crippen molar-refractivity contribution in [2.24, 2.45) is 17.8 Å². The molecule has 3 N–H and O–H groups in total. The van der Waals surface area contributed by atoms with Crippen LogP contribution in [0.5, 0.6) is 0 Å². The Morgan fingerprint density at radius 2 is 1.62 bits per heavy atom. The molecule has 0 saturated carbocycles. The SMILES string of the molecule is C=C1C=C(C)C(C)CC(O)CC(O)C(=O)C(O)C(C)CC(C)OC(=O)C(C)=CCCCCC2OC2CC(C)C1. The molecule has 39 heavy (non-hydrogen) atoms. The van der Waals surface area contributed by atoms with Crippen LogP contribution < -0.4 is 0 Å². The second-order valence-corrected chi connectivity index (χ2v) is 12.3. The summed E-state index contributed by atoms with van der Waals surface area (Å²) in [4.78, 5) is 25.1. The predicted octanol–water partition coefficient (Wildman–Crippen LogP) is 5.22. The molecular formula is C32H52O7. The van der Waals surface area contributed by atoms with E-state index in [0.29, 0.717) is 30.1 Å². The van der Waals surface area contributed by atoms with Crippen LogP contribution in [0.3, 0.4) is 0 Å². The number of carbonyl (C=O) groups is 2. The van der Waals surface area contributed by atoms with Crippen molar-refractivity contribution in [2.75, 3.05) is 0 Å². The highest BCUT2D eigenvalue weighted by Gasteiger charge is 2.38. The van der Waals surface area contributed by atoms with Gasteiger partial charge in [0, 0.05) is 12.0 Å². The molecule has 2 heterocycles. The molecule has 0 aromatic heterocycles. The van der Waals surface area contributed by atoms with E-state index < -0.39 is 42.1 Å². The number of ketones is 1. The Kier molecular flexibility index (Phi) is 13.6. The number of fused-ring (bicyclic) bond motifs is 1. The fraction of sp³-hybridized carbons (Fsp3) is 0.750. The number of esters is 1. The molecule has 0 aromatic carbocycles. The largest absolute Gasteiger partial charge is 0.459 e. The molecule has 1 fully saturated rings. The number of allylic oxidation sites excluding steroid dienone is 4. The number of carbonyl (C=O) groups excluding carboxylic acids is 2. The Labute approximate surface area is 235 Å². The van der Waals surface area contributed by atoms with Gasteiger partial charge in [0.25, 0.3) is 0 Å². The van der Waals surface area contributed by atoms with E-state index in [-0.39, 0.29) is 18.8 Å². The molecule has 7 nitrogen and oxygen atoms in total. The quantitative estimate of drug-likeness (QED) is 0.281. The van der Waals surface area contributed by atoms with Gasteiger partial charge in [0.1, 0.15) is 12.2 Å². The monoisotopic (exact) mass is 548 g/mol. The molecule has 2 aliphatic heterocycles. The zero-order chi connectivity index (χ0) is 29.3. The number of aliphatic hydroxyl groups excluding tert-OH is 3. The van der Waals surface area contributed by atoms with Gasteiger partial charge >= 0.3 is 5.97 Å². The smallest absolute Gasteiger partial charge is 0.333 e. The summed E-state index contributed by atoms with van der Waals surface area (Å²) in [5.41, 5.74) is 2.68. The first-order chi connectivity index (χ1) is 18.3. The fourth-order valence-corrected chi connectivity index (χ4v) is 5.50. The van der Waals surface area contributed by atoms with Crippen LogP contribution in [-0.4, -0.2) is 63.7 Å². The van der Waals surface area contributed by atoms with Gasteiger partial charge in [0.2, 0.25) is 0 Å². The van der Waals surface area contributed by atoms with Gasteiger partial charge in [0.15, 0.2) is 5.78 Å². The van der Waals surface area contributed by atoms with Crippen molar-refractivity contribution in [1.82, 2.24) is 0 Å². The summed E-state index contributed by atoms with van der Waals surface area (Å²) in [6.45, 7) is 15.6. The van der Waals surface area contributed by atoms with Gasteiger partial charge in [0.05, 0.1) is 24.4 Å². The predicted molar refractivity (Wildman–Crippen MR) is 153 cm³/mol. The molecule has 2 aliphatic rings. The molecule has 0 radical (unpaired) electrons. The third-order valence-corrected chi connectivity index (χ3v) is 8.15. The molecule has 9 unspecified atom stereocenters. The van der Waals surface area contributed by atoms with E-state index in [4.69, 9.17) is 9.47 Å². The maximum absolute atomic E-state index is 12.7. The minimum absolute atomic E-state index is 0.0425. The lowest BCUT2D eigenvalue weighted by molar-refractivity contribution is -0.146. The van der Waals surface area contributed by atoms with Crippen molar-refractivity contribution in [3.05, 3.63) is 35.5 Å².